The van der Waals surface area contributed by atoms with Crippen molar-refractivity contribution in [2.24, 2.45) is 0 Å². The van der Waals surface area contributed by atoms with Crippen molar-refractivity contribution in [3.8, 4) is 11.3 Å². The monoisotopic (exact) mass is 416 g/mol. The maximum Gasteiger partial charge on any atom is 0.346 e. The lowest BCUT2D eigenvalue weighted by atomic mass is 10.1. The summed E-state index contributed by atoms with van der Waals surface area (Å²) in [6, 6.07) is 16.3. The highest BCUT2D eigenvalue weighted by molar-refractivity contribution is 5.66. The Balaban J connectivity index is 1.49. The summed E-state index contributed by atoms with van der Waals surface area (Å²) < 4.78 is 16.6. The molecule has 8 heteroatoms. The van der Waals surface area contributed by atoms with Crippen molar-refractivity contribution in [2.75, 3.05) is 12.4 Å². The molecule has 0 amide bonds. The van der Waals surface area contributed by atoms with Gasteiger partial charge in [-0.25, -0.2) is 9.18 Å². The van der Waals surface area contributed by atoms with Gasteiger partial charge in [0.2, 0.25) is 0 Å². The van der Waals surface area contributed by atoms with Crippen LogP contribution in [-0.2, 0) is 19.6 Å². The van der Waals surface area contributed by atoms with Crippen LogP contribution in [0.5, 0.6) is 0 Å². The van der Waals surface area contributed by atoms with Gasteiger partial charge in [0.1, 0.15) is 11.6 Å². The zero-order chi connectivity index (χ0) is 21.4. The number of fused-ring (bicyclic) bond motifs is 1. The summed E-state index contributed by atoms with van der Waals surface area (Å²) in [5.41, 5.74) is 4.86. The molecule has 31 heavy (non-hydrogen) atoms. The van der Waals surface area contributed by atoms with Gasteiger partial charge < -0.3 is 10.3 Å². The van der Waals surface area contributed by atoms with E-state index in [1.165, 1.54) is 6.07 Å². The molecule has 0 bridgehead atoms. The van der Waals surface area contributed by atoms with E-state index in [-0.39, 0.29) is 5.82 Å². The summed E-state index contributed by atoms with van der Waals surface area (Å²) in [4.78, 5) is 20.0. The van der Waals surface area contributed by atoms with Gasteiger partial charge >= 0.3 is 5.69 Å². The van der Waals surface area contributed by atoms with Crippen molar-refractivity contribution in [2.45, 2.75) is 19.6 Å². The number of aromatic nitrogens is 4. The van der Waals surface area contributed by atoms with Gasteiger partial charge in [0, 0.05) is 36.1 Å². The molecular weight excluding hydrogens is 395 g/mol. The van der Waals surface area contributed by atoms with E-state index in [1.807, 2.05) is 42.1 Å². The van der Waals surface area contributed by atoms with E-state index in [0.29, 0.717) is 17.9 Å². The summed E-state index contributed by atoms with van der Waals surface area (Å²) in [7, 11) is 2.04. The predicted octanol–water partition coefficient (Wildman–Crippen LogP) is 3.51. The number of anilines is 2. The average Bonchev–Trinajstić information content (AvgIpc) is 3.24. The first kappa shape index (κ1) is 19.2. The number of hydrogen-bond donors (Lipinski definition) is 2. The molecule has 0 fully saturated rings. The number of benzene rings is 2. The van der Waals surface area contributed by atoms with E-state index >= 15 is 0 Å². The second-order valence-corrected chi connectivity index (χ2v) is 7.69. The molecule has 156 valence electrons. The fourth-order valence-corrected chi connectivity index (χ4v) is 4.00. The van der Waals surface area contributed by atoms with Crippen LogP contribution in [0, 0.1) is 5.82 Å². The van der Waals surface area contributed by atoms with Crippen molar-refractivity contribution >= 4 is 11.5 Å². The van der Waals surface area contributed by atoms with Gasteiger partial charge in [-0.15, -0.1) is 0 Å². The Labute approximate surface area is 178 Å². The van der Waals surface area contributed by atoms with Gasteiger partial charge in [-0.05, 0) is 42.9 Å². The summed E-state index contributed by atoms with van der Waals surface area (Å²) in [5.74, 6) is 0.214. The molecule has 0 unspecified atom stereocenters. The molecule has 5 rings (SSSR count). The van der Waals surface area contributed by atoms with Crippen molar-refractivity contribution in [3.05, 3.63) is 93.9 Å². The molecule has 7 nitrogen and oxygen atoms in total. The number of nitrogens with one attached hydrogen (secondary N) is 2. The highest BCUT2D eigenvalue weighted by Gasteiger charge is 2.27. The average molecular weight is 416 g/mol. The van der Waals surface area contributed by atoms with Crippen LogP contribution in [0.25, 0.3) is 11.3 Å². The van der Waals surface area contributed by atoms with Crippen LogP contribution in [0.15, 0.2) is 65.6 Å². The highest BCUT2D eigenvalue weighted by Crippen LogP contribution is 2.34. The third kappa shape index (κ3) is 3.85. The minimum atomic E-state index is -0.410. The Morgan fingerprint density at radius 1 is 1.13 bits per heavy atom. The lowest BCUT2D eigenvalue weighted by molar-refractivity contribution is 0.346. The Morgan fingerprint density at radius 3 is 2.84 bits per heavy atom. The number of rotatable bonds is 5. The maximum absolute atomic E-state index is 14.7. The predicted molar refractivity (Wildman–Crippen MR) is 116 cm³/mol. The Bertz CT molecular complexity index is 1310. The lowest BCUT2D eigenvalue weighted by Crippen LogP contribution is -2.13. The van der Waals surface area contributed by atoms with Crippen LogP contribution in [0.3, 0.4) is 0 Å². The van der Waals surface area contributed by atoms with Gasteiger partial charge in [-0.3, -0.25) is 9.58 Å². The molecule has 0 radical (unpaired) electrons. The topological polar surface area (TPSA) is 78.8 Å². The SMILES string of the molecule is CN1Cc2nn(Cc3cccc(Nc4cc[nH]c(=O)n4)c3)c(-c3ccccc3F)c2C1. The van der Waals surface area contributed by atoms with Gasteiger partial charge in [-0.1, -0.05) is 24.3 Å². The number of aromatic amines is 1. The second kappa shape index (κ2) is 7.81. The molecule has 1 aliphatic rings. The number of H-pyrrole nitrogens is 1. The zero-order valence-electron chi connectivity index (χ0n) is 17.0. The maximum atomic E-state index is 14.7. The normalized spacial score (nSPS) is 13.4. The van der Waals surface area contributed by atoms with E-state index in [2.05, 4.69) is 20.2 Å². The van der Waals surface area contributed by atoms with Crippen LogP contribution in [0.1, 0.15) is 16.8 Å². The molecule has 2 aromatic heterocycles. The zero-order valence-corrected chi connectivity index (χ0v) is 17.0. The van der Waals surface area contributed by atoms with Crippen LogP contribution in [0.4, 0.5) is 15.9 Å². The van der Waals surface area contributed by atoms with E-state index in [0.717, 1.165) is 41.3 Å². The molecule has 0 atom stereocenters. The fourth-order valence-electron chi connectivity index (χ4n) is 4.00. The molecule has 0 aliphatic carbocycles. The van der Waals surface area contributed by atoms with E-state index in [4.69, 9.17) is 5.10 Å². The summed E-state index contributed by atoms with van der Waals surface area (Å²) in [6.07, 6.45) is 1.55. The quantitative estimate of drug-likeness (QED) is 0.521. The van der Waals surface area contributed by atoms with Crippen molar-refractivity contribution in [1.82, 2.24) is 24.6 Å². The Kier molecular flexibility index (Phi) is 4.83. The van der Waals surface area contributed by atoms with Crippen LogP contribution < -0.4 is 11.0 Å². The molecular formula is C23H21FN6O. The third-order valence-corrected chi connectivity index (χ3v) is 5.31. The molecule has 2 aromatic carbocycles. The largest absolute Gasteiger partial charge is 0.346 e. The van der Waals surface area contributed by atoms with Gasteiger partial charge in [0.05, 0.1) is 17.9 Å². The molecule has 2 N–H and O–H groups in total. The number of halogens is 1. The van der Waals surface area contributed by atoms with Crippen LogP contribution in [0.2, 0.25) is 0 Å². The van der Waals surface area contributed by atoms with E-state index in [9.17, 15) is 9.18 Å². The molecule has 0 saturated carbocycles. The lowest BCUT2D eigenvalue weighted by Gasteiger charge is -2.14. The Morgan fingerprint density at radius 2 is 2.00 bits per heavy atom. The number of nitrogens with zero attached hydrogens (tertiary/aromatic N) is 4. The van der Waals surface area contributed by atoms with Gasteiger partial charge in [-0.2, -0.15) is 10.1 Å². The van der Waals surface area contributed by atoms with Crippen molar-refractivity contribution in [3.63, 3.8) is 0 Å². The smallest absolute Gasteiger partial charge is 0.340 e. The molecule has 0 spiro atoms. The summed E-state index contributed by atoms with van der Waals surface area (Å²) in [5, 5.41) is 7.95. The molecule has 0 saturated heterocycles. The van der Waals surface area contributed by atoms with Gasteiger partial charge in [0.15, 0.2) is 0 Å². The molecule has 3 heterocycles. The van der Waals surface area contributed by atoms with Crippen molar-refractivity contribution < 1.29 is 4.39 Å². The van der Waals surface area contributed by atoms with Crippen molar-refractivity contribution in [1.29, 1.82) is 0 Å². The standard InChI is InChI=1S/C23H21FN6O/c1-29-13-18-20(14-29)28-30(22(18)17-7-2-3-8-19(17)24)12-15-5-4-6-16(11-15)26-21-9-10-25-23(31)27-21/h2-11H,12-14H2,1H3,(H2,25,26,27,31). The fraction of sp³-hybridized carbons (Fsp3) is 0.174. The summed E-state index contributed by atoms with van der Waals surface area (Å²) >= 11 is 0. The van der Waals surface area contributed by atoms with E-state index < -0.39 is 5.69 Å². The first-order valence-electron chi connectivity index (χ1n) is 10.0. The second-order valence-electron chi connectivity index (χ2n) is 7.69. The first-order chi connectivity index (χ1) is 15.1. The van der Waals surface area contributed by atoms with Crippen LogP contribution >= 0.6 is 0 Å². The molecule has 1 aliphatic heterocycles. The minimum absolute atomic E-state index is 0.253. The van der Waals surface area contributed by atoms with Gasteiger partial charge in [0.25, 0.3) is 0 Å². The van der Waals surface area contributed by atoms with E-state index in [1.54, 1.807) is 24.4 Å². The molecule has 4 aromatic rings. The number of hydrogen-bond acceptors (Lipinski definition) is 5. The highest BCUT2D eigenvalue weighted by atomic mass is 19.1. The first-order valence-corrected chi connectivity index (χ1v) is 10.0. The summed E-state index contributed by atoms with van der Waals surface area (Å²) in [6.45, 7) is 1.99. The van der Waals surface area contributed by atoms with Crippen LogP contribution in [-0.4, -0.2) is 31.7 Å². The third-order valence-electron chi connectivity index (χ3n) is 5.31. The Hall–Kier alpha value is -3.78. The minimum Gasteiger partial charge on any atom is -0.340 e.